The summed E-state index contributed by atoms with van der Waals surface area (Å²) in [6.45, 7) is 8.36. The minimum atomic E-state index is -2.91. The van der Waals surface area contributed by atoms with Crippen LogP contribution in [0.4, 0.5) is 14.6 Å². The van der Waals surface area contributed by atoms with Crippen molar-refractivity contribution in [3.8, 4) is 0 Å². The predicted octanol–water partition coefficient (Wildman–Crippen LogP) is 4.80. The first-order valence-electron chi connectivity index (χ1n) is 12.4. The Kier molecular flexibility index (Phi) is 6.36. The Bertz CT molecular complexity index is 1100. The number of aromatic nitrogens is 2. The highest BCUT2D eigenvalue weighted by molar-refractivity contribution is 9.10. The molecule has 2 aromatic rings. The van der Waals surface area contributed by atoms with Crippen molar-refractivity contribution in [1.29, 1.82) is 0 Å². The number of carbonyl (C=O) groups excluding carboxylic acids is 1. The summed E-state index contributed by atoms with van der Waals surface area (Å²) >= 11 is 3.50. The lowest BCUT2D eigenvalue weighted by Crippen LogP contribution is -2.53. The summed E-state index contributed by atoms with van der Waals surface area (Å²) in [5.74, 6) is -2.76. The minimum absolute atomic E-state index is 0.00338. The standard InChI is InChI=1S/C26H32BrF2N5O/c1-16-14-26(28,29)22-20(16)23(31-15-30-22)33-10-12-34(13-11-33)24(35)21(17-4-6-18(27)7-5-17)19-8-9-25(2,3)32-19/h4-7,15-16,19,21,32H,8-14H2,1-3H3/t16-,19+,21+/m1/s1. The maximum Gasteiger partial charge on any atom is 0.290 e. The van der Waals surface area contributed by atoms with Gasteiger partial charge in [-0.1, -0.05) is 35.0 Å². The molecule has 5 rings (SSSR count). The Labute approximate surface area is 213 Å². The molecule has 1 amide bonds. The molecule has 6 nitrogen and oxygen atoms in total. The number of carbonyl (C=O) groups is 1. The van der Waals surface area contributed by atoms with E-state index in [2.05, 4.69) is 45.1 Å². The van der Waals surface area contributed by atoms with Crippen molar-refractivity contribution in [3.05, 3.63) is 51.9 Å². The first kappa shape index (κ1) is 24.6. The van der Waals surface area contributed by atoms with Gasteiger partial charge < -0.3 is 15.1 Å². The van der Waals surface area contributed by atoms with E-state index >= 15 is 0 Å². The van der Waals surface area contributed by atoms with Crippen LogP contribution >= 0.6 is 15.9 Å². The molecular weight excluding hydrogens is 516 g/mol. The monoisotopic (exact) mass is 547 g/mol. The van der Waals surface area contributed by atoms with Crippen molar-refractivity contribution in [3.63, 3.8) is 0 Å². The number of nitrogens with one attached hydrogen (secondary N) is 1. The number of fused-ring (bicyclic) bond motifs is 1. The average Bonchev–Trinajstić information content (AvgIpc) is 3.30. The van der Waals surface area contributed by atoms with Crippen LogP contribution in [0, 0.1) is 0 Å². The van der Waals surface area contributed by atoms with Crippen molar-refractivity contribution < 1.29 is 13.6 Å². The quantitative estimate of drug-likeness (QED) is 0.595. The topological polar surface area (TPSA) is 61.4 Å². The third-order valence-corrected chi connectivity index (χ3v) is 8.24. The molecule has 9 heteroatoms. The molecule has 0 unspecified atom stereocenters. The number of anilines is 1. The normalized spacial score (nSPS) is 26.0. The van der Waals surface area contributed by atoms with Crippen molar-refractivity contribution in [2.45, 2.75) is 69.4 Å². The van der Waals surface area contributed by atoms with Crippen LogP contribution in [-0.2, 0) is 10.7 Å². The van der Waals surface area contributed by atoms with E-state index in [0.717, 1.165) is 22.9 Å². The molecule has 2 saturated heterocycles. The molecule has 3 atom stereocenters. The number of halogens is 3. The van der Waals surface area contributed by atoms with Crippen LogP contribution in [0.3, 0.4) is 0 Å². The van der Waals surface area contributed by atoms with Gasteiger partial charge in [-0.3, -0.25) is 4.79 Å². The third-order valence-electron chi connectivity index (χ3n) is 7.71. The third kappa shape index (κ3) is 4.69. The molecule has 0 spiro atoms. The molecule has 1 aromatic carbocycles. The number of benzene rings is 1. The van der Waals surface area contributed by atoms with Crippen LogP contribution in [0.1, 0.15) is 68.7 Å². The lowest BCUT2D eigenvalue weighted by molar-refractivity contribution is -0.133. The zero-order chi connectivity index (χ0) is 25.0. The summed E-state index contributed by atoms with van der Waals surface area (Å²) < 4.78 is 29.8. The van der Waals surface area contributed by atoms with Crippen LogP contribution < -0.4 is 10.2 Å². The van der Waals surface area contributed by atoms with Gasteiger partial charge in [-0.2, -0.15) is 8.78 Å². The van der Waals surface area contributed by atoms with Gasteiger partial charge in [-0.25, -0.2) is 9.97 Å². The average molecular weight is 548 g/mol. The number of alkyl halides is 2. The maximum absolute atomic E-state index is 14.4. The fourth-order valence-electron chi connectivity index (χ4n) is 5.93. The highest BCUT2D eigenvalue weighted by Gasteiger charge is 2.47. The lowest BCUT2D eigenvalue weighted by atomic mass is 9.89. The van der Waals surface area contributed by atoms with Crippen molar-refractivity contribution in [2.24, 2.45) is 0 Å². The van der Waals surface area contributed by atoms with E-state index in [0.29, 0.717) is 37.6 Å². The molecule has 2 aliphatic heterocycles. The van der Waals surface area contributed by atoms with Gasteiger partial charge in [0.25, 0.3) is 5.92 Å². The molecule has 0 radical (unpaired) electrons. The van der Waals surface area contributed by atoms with E-state index in [9.17, 15) is 13.6 Å². The first-order chi connectivity index (χ1) is 16.6. The lowest BCUT2D eigenvalue weighted by Gasteiger charge is -2.39. The molecule has 35 heavy (non-hydrogen) atoms. The Morgan fingerprint density at radius 3 is 2.46 bits per heavy atom. The van der Waals surface area contributed by atoms with Crippen molar-refractivity contribution in [2.75, 3.05) is 31.1 Å². The molecule has 0 bridgehead atoms. The zero-order valence-electron chi connectivity index (χ0n) is 20.4. The van der Waals surface area contributed by atoms with E-state index in [1.165, 1.54) is 6.33 Å². The SMILES string of the molecule is C[C@@H]1CC(F)(F)c2ncnc(N3CCN(C(=O)[C@@H](c4ccc(Br)cc4)[C@@H]4CCC(C)(C)N4)CC3)c21. The highest BCUT2D eigenvalue weighted by atomic mass is 79.9. The molecule has 1 aromatic heterocycles. The maximum atomic E-state index is 14.4. The Hall–Kier alpha value is -2.13. The fourth-order valence-corrected chi connectivity index (χ4v) is 6.20. The molecule has 3 heterocycles. The summed E-state index contributed by atoms with van der Waals surface area (Å²) in [6, 6.07) is 8.11. The van der Waals surface area contributed by atoms with Gasteiger partial charge in [0.15, 0.2) is 0 Å². The van der Waals surface area contributed by atoms with Gasteiger partial charge in [0.1, 0.15) is 17.8 Å². The number of hydrogen-bond donors (Lipinski definition) is 1. The smallest absolute Gasteiger partial charge is 0.290 e. The van der Waals surface area contributed by atoms with Crippen LogP contribution in [-0.4, -0.2) is 58.5 Å². The first-order valence-corrected chi connectivity index (χ1v) is 13.2. The van der Waals surface area contributed by atoms with E-state index in [1.807, 2.05) is 41.0 Å². The van der Waals surface area contributed by atoms with Gasteiger partial charge in [0, 0.05) is 54.2 Å². The van der Waals surface area contributed by atoms with Gasteiger partial charge in [-0.15, -0.1) is 0 Å². The summed E-state index contributed by atoms with van der Waals surface area (Å²) in [4.78, 5) is 26.2. The molecule has 0 saturated carbocycles. The number of nitrogens with zero attached hydrogens (tertiary/aromatic N) is 4. The number of piperazine rings is 1. The van der Waals surface area contributed by atoms with Crippen molar-refractivity contribution >= 4 is 27.7 Å². The summed E-state index contributed by atoms with van der Waals surface area (Å²) in [5.41, 5.74) is 1.44. The Balaban J connectivity index is 1.34. The number of hydrogen-bond acceptors (Lipinski definition) is 5. The molecule has 1 aliphatic carbocycles. The van der Waals surface area contributed by atoms with Gasteiger partial charge in [0.2, 0.25) is 5.91 Å². The van der Waals surface area contributed by atoms with Crippen LogP contribution in [0.25, 0.3) is 0 Å². The molecule has 188 valence electrons. The minimum Gasteiger partial charge on any atom is -0.353 e. The Morgan fingerprint density at radius 2 is 1.83 bits per heavy atom. The van der Waals surface area contributed by atoms with E-state index in [4.69, 9.17) is 0 Å². The number of rotatable bonds is 4. The molecule has 3 aliphatic rings. The second-order valence-corrected chi connectivity index (χ2v) is 11.7. The van der Waals surface area contributed by atoms with E-state index in [-0.39, 0.29) is 41.4 Å². The summed E-state index contributed by atoms with van der Waals surface area (Å²) in [7, 11) is 0. The van der Waals surface area contributed by atoms with Crippen molar-refractivity contribution in [1.82, 2.24) is 20.2 Å². The van der Waals surface area contributed by atoms with E-state index in [1.54, 1.807) is 0 Å². The molecule has 2 fully saturated rings. The van der Waals surface area contributed by atoms with Gasteiger partial charge in [-0.05, 0) is 50.3 Å². The van der Waals surface area contributed by atoms with E-state index < -0.39 is 5.92 Å². The largest absolute Gasteiger partial charge is 0.353 e. The number of amides is 1. The molecule has 1 N–H and O–H groups in total. The van der Waals surface area contributed by atoms with Crippen LogP contribution in [0.15, 0.2) is 35.1 Å². The summed E-state index contributed by atoms with van der Waals surface area (Å²) in [5, 5.41) is 3.68. The van der Waals surface area contributed by atoms with Gasteiger partial charge in [0.05, 0.1) is 5.92 Å². The predicted molar refractivity (Wildman–Crippen MR) is 135 cm³/mol. The second-order valence-electron chi connectivity index (χ2n) is 10.8. The van der Waals surface area contributed by atoms with Gasteiger partial charge >= 0.3 is 0 Å². The summed E-state index contributed by atoms with van der Waals surface area (Å²) in [6.07, 6.45) is 2.98. The van der Waals surface area contributed by atoms with Crippen LogP contribution in [0.5, 0.6) is 0 Å². The fraction of sp³-hybridized carbons (Fsp3) is 0.577. The second kappa shape index (κ2) is 9.07. The molecular formula is C26H32BrF2N5O. The zero-order valence-corrected chi connectivity index (χ0v) is 22.0. The Morgan fingerprint density at radius 1 is 1.14 bits per heavy atom. The van der Waals surface area contributed by atoms with Crippen LogP contribution in [0.2, 0.25) is 0 Å². The highest BCUT2D eigenvalue weighted by Crippen LogP contribution is 2.49.